The number of benzene rings is 1. The molecule has 1 aromatic carbocycles. The zero-order valence-electron chi connectivity index (χ0n) is 18.4. The van der Waals surface area contributed by atoms with Gasteiger partial charge in [0.15, 0.2) is 0 Å². The number of carbonyl (C=O) groups is 1. The lowest BCUT2D eigenvalue weighted by atomic mass is 9.94. The number of carbonyl (C=O) groups excluding carboxylic acids is 1. The van der Waals surface area contributed by atoms with Gasteiger partial charge in [0.25, 0.3) is 0 Å². The minimum atomic E-state index is 0.238. The molecule has 30 heavy (non-hydrogen) atoms. The maximum Gasteiger partial charge on any atom is 0.237 e. The molecule has 0 bridgehead atoms. The first kappa shape index (κ1) is 23.1. The van der Waals surface area contributed by atoms with Gasteiger partial charge in [0, 0.05) is 29.0 Å². The van der Waals surface area contributed by atoms with Gasteiger partial charge < -0.3 is 14.8 Å². The van der Waals surface area contributed by atoms with E-state index >= 15 is 0 Å². The Kier molecular flexibility index (Phi) is 9.01. The molecule has 1 fully saturated rings. The molecule has 1 saturated carbocycles. The summed E-state index contributed by atoms with van der Waals surface area (Å²) in [7, 11) is 0. The number of nitrogens with one attached hydrogen (secondary N) is 1. The summed E-state index contributed by atoms with van der Waals surface area (Å²) in [5.74, 6) is 0.894. The predicted octanol–water partition coefficient (Wildman–Crippen LogP) is 5.60. The Hall–Kier alpha value is -1.59. The van der Waals surface area contributed by atoms with Gasteiger partial charge in [-0.2, -0.15) is 0 Å². The molecule has 4 nitrogen and oxygen atoms in total. The van der Waals surface area contributed by atoms with Crippen LogP contribution in [0.25, 0.3) is 0 Å². The third kappa shape index (κ3) is 6.98. The van der Waals surface area contributed by atoms with Gasteiger partial charge in [-0.3, -0.25) is 4.79 Å². The van der Waals surface area contributed by atoms with Crippen molar-refractivity contribution in [1.29, 1.82) is 0 Å². The van der Waals surface area contributed by atoms with Crippen molar-refractivity contribution in [2.24, 2.45) is 5.92 Å². The molecule has 0 spiro atoms. The molecule has 2 aromatic rings. The van der Waals surface area contributed by atoms with Crippen molar-refractivity contribution in [2.45, 2.75) is 71.5 Å². The van der Waals surface area contributed by atoms with Crippen molar-refractivity contribution in [2.75, 3.05) is 13.1 Å². The normalized spacial score (nSPS) is 14.9. The highest BCUT2D eigenvalue weighted by Gasteiger charge is 2.26. The number of hydrogen-bond acceptors (Lipinski definition) is 2. The molecular formula is C25H36BrN3O. The lowest BCUT2D eigenvalue weighted by molar-refractivity contribution is -0.134. The molecule has 0 saturated heterocycles. The second-order valence-electron chi connectivity index (χ2n) is 8.93. The smallest absolute Gasteiger partial charge is 0.237 e. The van der Waals surface area contributed by atoms with Crippen LogP contribution in [0.5, 0.6) is 0 Å². The average Bonchev–Trinajstić information content (AvgIpc) is 3.18. The highest BCUT2D eigenvalue weighted by molar-refractivity contribution is 9.10. The molecule has 0 unspecified atom stereocenters. The quantitative estimate of drug-likeness (QED) is 0.456. The van der Waals surface area contributed by atoms with Crippen LogP contribution in [0.4, 0.5) is 0 Å². The van der Waals surface area contributed by atoms with Crippen LogP contribution < -0.4 is 5.32 Å². The number of halogens is 1. The van der Waals surface area contributed by atoms with Gasteiger partial charge in [0.05, 0.1) is 13.1 Å². The molecular weight excluding hydrogens is 438 g/mol. The lowest BCUT2D eigenvalue weighted by Crippen LogP contribution is -2.45. The molecule has 0 radical (unpaired) electrons. The minimum Gasteiger partial charge on any atom is -0.345 e. The van der Waals surface area contributed by atoms with Crippen molar-refractivity contribution in [1.82, 2.24) is 14.8 Å². The summed E-state index contributed by atoms with van der Waals surface area (Å²) < 4.78 is 3.37. The molecule has 3 rings (SSSR count). The summed E-state index contributed by atoms with van der Waals surface area (Å²) in [6.45, 7) is 7.31. The monoisotopic (exact) mass is 473 g/mol. The third-order valence-corrected chi connectivity index (χ3v) is 6.56. The van der Waals surface area contributed by atoms with Gasteiger partial charge in [-0.25, -0.2) is 0 Å². The number of amides is 1. The summed E-state index contributed by atoms with van der Waals surface area (Å²) in [5, 5.41) is 3.37. The fraction of sp³-hybridized carbons (Fsp3) is 0.560. The zero-order chi connectivity index (χ0) is 21.3. The average molecular weight is 474 g/mol. The Morgan fingerprint density at radius 1 is 1.17 bits per heavy atom. The highest BCUT2D eigenvalue weighted by Crippen LogP contribution is 2.25. The van der Waals surface area contributed by atoms with E-state index in [-0.39, 0.29) is 5.91 Å². The number of nitrogens with zero attached hydrogens (tertiary/aromatic N) is 2. The molecule has 1 amide bonds. The standard InChI is InChI=1S/C25H36BrN3O/c1-20(2)14-15-27-17-25(30)29(23-7-4-3-5-8-23)19-24-9-6-16-28(24)18-21-10-12-22(26)13-11-21/h6,9-13,16,20,23,27H,3-5,7-8,14-15,17-19H2,1-2H3. The van der Waals surface area contributed by atoms with Crippen molar-refractivity contribution in [3.05, 3.63) is 58.3 Å². The van der Waals surface area contributed by atoms with Gasteiger partial charge in [-0.05, 0) is 61.6 Å². The first-order valence-corrected chi connectivity index (χ1v) is 12.2. The van der Waals surface area contributed by atoms with Gasteiger partial charge in [0.2, 0.25) is 5.91 Å². The van der Waals surface area contributed by atoms with Gasteiger partial charge in [-0.15, -0.1) is 0 Å². The summed E-state index contributed by atoms with van der Waals surface area (Å²) in [4.78, 5) is 15.3. The van der Waals surface area contributed by atoms with Crippen molar-refractivity contribution < 1.29 is 4.79 Å². The summed E-state index contributed by atoms with van der Waals surface area (Å²) in [6, 6.07) is 13.1. The van der Waals surface area contributed by atoms with Crippen LogP contribution in [0.2, 0.25) is 0 Å². The predicted molar refractivity (Wildman–Crippen MR) is 127 cm³/mol. The summed E-state index contributed by atoms with van der Waals surface area (Å²) in [6.07, 6.45) is 9.25. The van der Waals surface area contributed by atoms with Gasteiger partial charge >= 0.3 is 0 Å². The molecule has 1 aromatic heterocycles. The van der Waals surface area contributed by atoms with E-state index in [2.05, 4.69) is 87.2 Å². The third-order valence-electron chi connectivity index (χ3n) is 6.03. The van der Waals surface area contributed by atoms with E-state index in [1.807, 2.05) is 0 Å². The highest BCUT2D eigenvalue weighted by atomic mass is 79.9. The molecule has 1 heterocycles. The summed E-state index contributed by atoms with van der Waals surface area (Å²) >= 11 is 3.51. The molecule has 1 aliphatic rings. The van der Waals surface area contributed by atoms with Crippen LogP contribution >= 0.6 is 15.9 Å². The maximum atomic E-state index is 13.2. The second kappa shape index (κ2) is 11.7. The van der Waals surface area contributed by atoms with Crippen LogP contribution in [0.1, 0.15) is 63.6 Å². The number of hydrogen-bond donors (Lipinski definition) is 1. The lowest BCUT2D eigenvalue weighted by Gasteiger charge is -2.35. The van der Waals surface area contributed by atoms with Crippen molar-refractivity contribution >= 4 is 21.8 Å². The minimum absolute atomic E-state index is 0.238. The van der Waals surface area contributed by atoms with E-state index in [0.29, 0.717) is 25.0 Å². The second-order valence-corrected chi connectivity index (χ2v) is 9.84. The van der Waals surface area contributed by atoms with E-state index in [1.165, 1.54) is 30.5 Å². The SMILES string of the molecule is CC(C)CCNCC(=O)N(Cc1cccn1Cc1ccc(Br)cc1)C1CCCCC1. The molecule has 1 N–H and O–H groups in total. The van der Waals surface area contributed by atoms with E-state index in [9.17, 15) is 4.79 Å². The number of aromatic nitrogens is 1. The van der Waals surface area contributed by atoms with E-state index in [4.69, 9.17) is 0 Å². The largest absolute Gasteiger partial charge is 0.345 e. The van der Waals surface area contributed by atoms with Crippen LogP contribution in [-0.2, 0) is 17.9 Å². The Balaban J connectivity index is 1.67. The van der Waals surface area contributed by atoms with Crippen LogP contribution in [0.15, 0.2) is 47.1 Å². The van der Waals surface area contributed by atoms with Crippen LogP contribution in [-0.4, -0.2) is 34.5 Å². The molecule has 1 aliphatic carbocycles. The Morgan fingerprint density at radius 3 is 2.60 bits per heavy atom. The van der Waals surface area contributed by atoms with Gasteiger partial charge in [0.1, 0.15) is 0 Å². The molecule has 0 aliphatic heterocycles. The van der Waals surface area contributed by atoms with Crippen LogP contribution in [0.3, 0.4) is 0 Å². The Morgan fingerprint density at radius 2 is 1.90 bits per heavy atom. The first-order chi connectivity index (χ1) is 14.5. The van der Waals surface area contributed by atoms with E-state index in [1.54, 1.807) is 0 Å². The Labute approximate surface area is 190 Å². The fourth-order valence-electron chi connectivity index (χ4n) is 4.21. The van der Waals surface area contributed by atoms with E-state index < -0.39 is 0 Å². The van der Waals surface area contributed by atoms with Crippen molar-refractivity contribution in [3.63, 3.8) is 0 Å². The fourth-order valence-corrected chi connectivity index (χ4v) is 4.47. The van der Waals surface area contributed by atoms with E-state index in [0.717, 1.165) is 36.8 Å². The molecule has 164 valence electrons. The summed E-state index contributed by atoms with van der Waals surface area (Å²) in [5.41, 5.74) is 2.47. The molecule has 5 heteroatoms. The van der Waals surface area contributed by atoms with Crippen LogP contribution in [0, 0.1) is 5.92 Å². The Bertz CT molecular complexity index is 778. The molecule has 0 atom stereocenters. The maximum absolute atomic E-state index is 13.2. The first-order valence-electron chi connectivity index (χ1n) is 11.4. The zero-order valence-corrected chi connectivity index (χ0v) is 20.0. The number of rotatable bonds is 10. The topological polar surface area (TPSA) is 37.3 Å². The van der Waals surface area contributed by atoms with Gasteiger partial charge in [-0.1, -0.05) is 61.2 Å². The van der Waals surface area contributed by atoms with Crippen molar-refractivity contribution in [3.8, 4) is 0 Å².